The van der Waals surface area contributed by atoms with Gasteiger partial charge in [0.25, 0.3) is 0 Å². The zero-order chi connectivity index (χ0) is 41.5. The summed E-state index contributed by atoms with van der Waals surface area (Å²) < 4.78 is 129. The summed E-state index contributed by atoms with van der Waals surface area (Å²) in [6.07, 6.45) is 3.32. The Hall–Kier alpha value is -5.08. The molecule has 0 atom stereocenters. The predicted molar refractivity (Wildman–Crippen MR) is 193 cm³/mol. The van der Waals surface area contributed by atoms with Crippen LogP contribution in [0.3, 0.4) is 0 Å². The van der Waals surface area contributed by atoms with E-state index in [-0.39, 0.29) is 42.0 Å². The van der Waals surface area contributed by atoms with Gasteiger partial charge in [-0.15, -0.1) is 0 Å². The topological polar surface area (TPSA) is 115 Å². The summed E-state index contributed by atoms with van der Waals surface area (Å²) >= 11 is 0. The Bertz CT molecular complexity index is 2450. The van der Waals surface area contributed by atoms with Crippen molar-refractivity contribution in [2.45, 2.75) is 56.9 Å². The standard InChI is InChI=1S/C18H17F5N2OS.C10H10N2O2.C7H8F5NS/c1-12-6-9-17-24-13(2)18(25(17)11-12)16(26)8-7-14-4-3-5-15(10-14)27(19,20,21,22)23;1-6-3-4-8-11-7(2)9(10(13)14)12(8)5-6;8-14(9,10,11,12)7-3-1-2-6(4-7)5-13/h3-6,9-11H,7-8H2,1-2H3;3-5H,1-2H3,(H,13,14);1-4H,5,13H2. The number of carbonyl (C=O) groups excluding carboxylic acids is 1. The zero-order valence-electron chi connectivity index (χ0n) is 29.4. The molecule has 55 heavy (non-hydrogen) atoms. The van der Waals surface area contributed by atoms with Crippen LogP contribution >= 0.6 is 20.4 Å². The number of nitrogens with two attached hydrogens (primary N) is 1. The van der Waals surface area contributed by atoms with Crippen molar-refractivity contribution in [1.29, 1.82) is 0 Å². The Labute approximate surface area is 308 Å². The highest BCUT2D eigenvalue weighted by atomic mass is 32.5. The van der Waals surface area contributed by atoms with Gasteiger partial charge in [0, 0.05) is 25.4 Å². The molecule has 0 spiro atoms. The Morgan fingerprint density at radius 1 is 0.636 bits per heavy atom. The summed E-state index contributed by atoms with van der Waals surface area (Å²) in [6, 6.07) is 13.2. The molecular formula is C35H35F10N5O3S2. The molecule has 6 aromatic rings. The second-order valence-electron chi connectivity index (χ2n) is 12.6. The number of fused-ring (bicyclic) bond motifs is 2. The van der Waals surface area contributed by atoms with Gasteiger partial charge in [-0.05, 0) is 92.8 Å². The number of hydrogen-bond donors (Lipinski definition) is 2. The molecule has 0 unspecified atom stereocenters. The number of aryl methyl sites for hydroxylation is 5. The number of carbonyl (C=O) groups is 2. The van der Waals surface area contributed by atoms with E-state index in [1.54, 1.807) is 41.1 Å². The third-order valence-electron chi connectivity index (χ3n) is 7.91. The molecule has 8 nitrogen and oxygen atoms in total. The lowest BCUT2D eigenvalue weighted by atomic mass is 10.1. The van der Waals surface area contributed by atoms with E-state index in [0.29, 0.717) is 52.6 Å². The quantitative estimate of drug-likeness (QED) is 0.117. The van der Waals surface area contributed by atoms with Crippen molar-refractivity contribution in [2.75, 3.05) is 0 Å². The lowest BCUT2D eigenvalue weighted by Crippen LogP contribution is -2.08. The highest BCUT2D eigenvalue weighted by Gasteiger charge is 2.66. The number of aromatic carboxylic acids is 1. The molecule has 0 bridgehead atoms. The SMILES string of the molecule is Cc1ccc2nc(C)c(C(=O)CCc3cccc(S(F)(F)(F)(F)F)c3)n2c1.Cc1ccc2nc(C)c(C(=O)O)n2c1.NCc1cccc(S(F)(F)(F)(F)F)c1. The van der Waals surface area contributed by atoms with Gasteiger partial charge in [0.2, 0.25) is 0 Å². The van der Waals surface area contributed by atoms with Crippen LogP contribution in [0, 0.1) is 27.7 Å². The fourth-order valence-corrected chi connectivity index (χ4v) is 6.78. The van der Waals surface area contributed by atoms with E-state index in [2.05, 4.69) is 9.97 Å². The number of aromatic nitrogens is 4. The highest BCUT2D eigenvalue weighted by Crippen LogP contribution is 3.02. The predicted octanol–water partition coefficient (Wildman–Crippen LogP) is 11.9. The molecule has 0 radical (unpaired) electrons. The minimum absolute atomic E-state index is 0.0238. The average molecular weight is 828 g/mol. The summed E-state index contributed by atoms with van der Waals surface area (Å²) in [5.74, 6) is -1.26. The number of imidazole rings is 2. The van der Waals surface area contributed by atoms with Gasteiger partial charge >= 0.3 is 26.4 Å². The van der Waals surface area contributed by atoms with Crippen LogP contribution in [0.5, 0.6) is 0 Å². The maximum absolute atomic E-state index is 12.9. The fourth-order valence-electron chi connectivity index (χ4n) is 5.36. The summed E-state index contributed by atoms with van der Waals surface area (Å²) in [5, 5.41) is 8.98. The van der Waals surface area contributed by atoms with Gasteiger partial charge in [0.05, 0.1) is 11.4 Å². The summed E-state index contributed by atoms with van der Waals surface area (Å²) in [4.78, 5) is 28.2. The van der Waals surface area contributed by atoms with Crippen molar-refractivity contribution >= 4 is 43.5 Å². The Balaban J connectivity index is 0.000000202. The summed E-state index contributed by atoms with van der Waals surface area (Å²) in [5.41, 5.74) is 9.92. The Morgan fingerprint density at radius 3 is 1.49 bits per heavy atom. The van der Waals surface area contributed by atoms with Crippen molar-refractivity contribution < 1.29 is 53.6 Å². The van der Waals surface area contributed by atoms with Crippen molar-refractivity contribution in [2.24, 2.45) is 5.73 Å². The van der Waals surface area contributed by atoms with Crippen LogP contribution in [0.1, 0.15) is 61.0 Å². The minimum atomic E-state index is -9.74. The van der Waals surface area contributed by atoms with Gasteiger partial charge in [-0.2, -0.15) is 0 Å². The highest BCUT2D eigenvalue weighted by molar-refractivity contribution is 8.46. The van der Waals surface area contributed by atoms with E-state index in [1.807, 2.05) is 32.0 Å². The molecule has 6 rings (SSSR count). The van der Waals surface area contributed by atoms with Crippen LogP contribution in [-0.4, -0.2) is 35.6 Å². The van der Waals surface area contributed by atoms with Crippen LogP contribution in [0.2, 0.25) is 0 Å². The molecule has 0 saturated carbocycles. The number of halogens is 10. The van der Waals surface area contributed by atoms with Crippen molar-refractivity contribution in [3.05, 3.63) is 130 Å². The first-order valence-corrected chi connectivity index (χ1v) is 19.8. The Kier molecular flexibility index (Phi) is 10.3. The third kappa shape index (κ3) is 10.8. The molecule has 2 aromatic carbocycles. The molecule has 0 fully saturated rings. The molecule has 3 N–H and O–H groups in total. The monoisotopic (exact) mass is 827 g/mol. The van der Waals surface area contributed by atoms with Gasteiger partial charge in [0.15, 0.2) is 11.5 Å². The molecule has 0 aliphatic heterocycles. The number of rotatable bonds is 8. The molecule has 0 aliphatic rings. The van der Waals surface area contributed by atoms with Crippen molar-refractivity contribution in [3.8, 4) is 0 Å². The van der Waals surface area contributed by atoms with Crippen LogP contribution < -0.4 is 5.73 Å². The lowest BCUT2D eigenvalue weighted by Gasteiger charge is -2.40. The second-order valence-corrected chi connectivity index (χ2v) is 17.4. The molecule has 4 heterocycles. The fraction of sp³-hybridized carbons (Fsp3) is 0.200. The van der Waals surface area contributed by atoms with Gasteiger partial charge in [0.1, 0.15) is 26.8 Å². The average Bonchev–Trinajstić information content (AvgIpc) is 3.56. The van der Waals surface area contributed by atoms with E-state index in [1.165, 1.54) is 12.1 Å². The number of ketones is 1. The molecule has 0 aliphatic carbocycles. The summed E-state index contributed by atoms with van der Waals surface area (Å²) in [6.45, 7) is 6.94. The number of carboxylic acid groups (broad SMARTS) is 1. The van der Waals surface area contributed by atoms with Gasteiger partial charge in [-0.3, -0.25) is 13.6 Å². The van der Waals surface area contributed by atoms with E-state index < -0.39 is 36.2 Å². The normalized spacial score (nSPS) is 14.4. The number of Topliss-reactive ketones (excluding diaryl/α,β-unsaturated/α-hetero) is 1. The van der Waals surface area contributed by atoms with Gasteiger partial charge in [-0.1, -0.05) is 75.3 Å². The smallest absolute Gasteiger partial charge is 0.354 e. The minimum Gasteiger partial charge on any atom is -0.477 e. The van der Waals surface area contributed by atoms with E-state index >= 15 is 0 Å². The maximum Gasteiger partial charge on any atom is 0.354 e. The van der Waals surface area contributed by atoms with E-state index in [9.17, 15) is 48.4 Å². The first kappa shape index (κ1) is 42.7. The van der Waals surface area contributed by atoms with E-state index in [4.69, 9.17) is 10.8 Å². The number of benzene rings is 2. The second kappa shape index (κ2) is 13.3. The first-order chi connectivity index (χ1) is 24.9. The maximum atomic E-state index is 12.9. The Morgan fingerprint density at radius 2 is 1.05 bits per heavy atom. The molecule has 0 saturated heterocycles. The van der Waals surface area contributed by atoms with Crippen molar-refractivity contribution in [3.63, 3.8) is 0 Å². The van der Waals surface area contributed by atoms with E-state index in [0.717, 1.165) is 23.3 Å². The van der Waals surface area contributed by atoms with Gasteiger partial charge in [-0.25, -0.2) is 14.8 Å². The van der Waals surface area contributed by atoms with Crippen LogP contribution in [0.15, 0.2) is 95.0 Å². The number of nitrogens with zero attached hydrogens (tertiary/aromatic N) is 4. The molecule has 0 amide bonds. The third-order valence-corrected chi connectivity index (χ3v) is 10.2. The molecule has 4 aromatic heterocycles. The van der Waals surface area contributed by atoms with Crippen LogP contribution in [-0.2, 0) is 13.0 Å². The molecule has 300 valence electrons. The molecular weight excluding hydrogens is 793 g/mol. The van der Waals surface area contributed by atoms with Gasteiger partial charge < -0.3 is 10.8 Å². The van der Waals surface area contributed by atoms with Crippen molar-refractivity contribution in [1.82, 2.24) is 18.8 Å². The first-order valence-electron chi connectivity index (χ1n) is 15.9. The van der Waals surface area contributed by atoms with Crippen LogP contribution in [0.4, 0.5) is 38.9 Å². The number of carboxylic acids is 1. The molecule has 20 heteroatoms. The van der Waals surface area contributed by atoms with Crippen LogP contribution in [0.25, 0.3) is 11.3 Å². The summed E-state index contributed by atoms with van der Waals surface area (Å²) in [7, 11) is -19.3. The number of pyridine rings is 2. The number of hydrogen-bond acceptors (Lipinski definition) is 5. The lowest BCUT2D eigenvalue weighted by molar-refractivity contribution is 0.0688. The zero-order valence-corrected chi connectivity index (χ0v) is 31.1. The largest absolute Gasteiger partial charge is 0.477 e.